The Labute approximate surface area is 79.7 Å². The highest BCUT2D eigenvalue weighted by molar-refractivity contribution is 5.72. The van der Waals surface area contributed by atoms with Crippen LogP contribution in [0.2, 0.25) is 0 Å². The van der Waals surface area contributed by atoms with Gasteiger partial charge in [-0.2, -0.15) is 0 Å². The zero-order valence-electron chi connectivity index (χ0n) is 7.73. The van der Waals surface area contributed by atoms with E-state index in [1.54, 1.807) is 0 Å². The smallest absolute Gasteiger partial charge is 0.211 e. The van der Waals surface area contributed by atoms with Crippen LogP contribution in [0.15, 0.2) is 6.07 Å². The van der Waals surface area contributed by atoms with E-state index in [4.69, 9.17) is 4.74 Å². The van der Waals surface area contributed by atoms with Gasteiger partial charge in [-0.25, -0.2) is 8.78 Å². The molecule has 14 heavy (non-hydrogen) atoms. The lowest BCUT2D eigenvalue weighted by molar-refractivity contribution is -0.105. The second-order valence-corrected chi connectivity index (χ2v) is 2.64. The topological polar surface area (TPSA) is 38.3 Å². The number of amides is 1. The van der Waals surface area contributed by atoms with Gasteiger partial charge in [-0.15, -0.1) is 0 Å². The SMILES string of the molecule is COc1cc(NC=O)c(F)c(F)c1C. The molecule has 0 atom stereocenters. The number of rotatable bonds is 3. The van der Waals surface area contributed by atoms with Crippen molar-refractivity contribution in [1.82, 2.24) is 0 Å². The minimum absolute atomic E-state index is 0.0708. The second kappa shape index (κ2) is 4.04. The number of methoxy groups -OCH3 is 1. The first kappa shape index (κ1) is 10.4. The van der Waals surface area contributed by atoms with Crippen molar-refractivity contribution >= 4 is 12.1 Å². The van der Waals surface area contributed by atoms with E-state index < -0.39 is 11.6 Å². The van der Waals surface area contributed by atoms with Gasteiger partial charge in [-0.3, -0.25) is 4.79 Å². The number of hydrogen-bond donors (Lipinski definition) is 1. The number of nitrogens with one attached hydrogen (secondary N) is 1. The minimum Gasteiger partial charge on any atom is -0.496 e. The van der Waals surface area contributed by atoms with E-state index in [1.165, 1.54) is 20.1 Å². The molecule has 1 N–H and O–H groups in total. The number of hydrogen-bond acceptors (Lipinski definition) is 2. The summed E-state index contributed by atoms with van der Waals surface area (Å²) in [6.07, 6.45) is 0.270. The van der Waals surface area contributed by atoms with E-state index >= 15 is 0 Å². The van der Waals surface area contributed by atoms with E-state index in [0.717, 1.165) is 0 Å². The number of ether oxygens (including phenoxy) is 1. The van der Waals surface area contributed by atoms with Crippen LogP contribution in [-0.2, 0) is 4.79 Å². The van der Waals surface area contributed by atoms with Crippen LogP contribution in [0, 0.1) is 18.6 Å². The number of carbonyl (C=O) groups excluding carboxylic acids is 1. The van der Waals surface area contributed by atoms with Crippen molar-refractivity contribution in [3.8, 4) is 5.75 Å². The molecule has 0 aliphatic carbocycles. The molecule has 0 saturated carbocycles. The summed E-state index contributed by atoms with van der Waals surface area (Å²) in [5.41, 5.74) is -0.165. The van der Waals surface area contributed by atoms with Crippen molar-refractivity contribution in [3.05, 3.63) is 23.3 Å². The quantitative estimate of drug-likeness (QED) is 0.758. The van der Waals surface area contributed by atoms with Gasteiger partial charge in [-0.05, 0) is 6.92 Å². The van der Waals surface area contributed by atoms with Crippen LogP contribution in [0.5, 0.6) is 5.75 Å². The molecule has 5 heteroatoms. The Morgan fingerprint density at radius 3 is 2.57 bits per heavy atom. The van der Waals surface area contributed by atoms with Gasteiger partial charge in [-0.1, -0.05) is 0 Å². The third-order valence-electron chi connectivity index (χ3n) is 1.84. The van der Waals surface area contributed by atoms with E-state index in [2.05, 4.69) is 0 Å². The van der Waals surface area contributed by atoms with E-state index in [1.807, 2.05) is 5.32 Å². The highest BCUT2D eigenvalue weighted by Crippen LogP contribution is 2.28. The molecule has 76 valence electrons. The summed E-state index contributed by atoms with van der Waals surface area (Å²) in [6, 6.07) is 1.22. The molecule has 0 radical (unpaired) electrons. The first-order valence-electron chi connectivity index (χ1n) is 3.84. The molecule has 0 fully saturated rings. The van der Waals surface area contributed by atoms with Gasteiger partial charge < -0.3 is 10.1 Å². The van der Waals surface area contributed by atoms with Gasteiger partial charge in [0.25, 0.3) is 0 Å². The molecule has 0 unspecified atom stereocenters. The molecule has 0 saturated heterocycles. The van der Waals surface area contributed by atoms with Gasteiger partial charge in [0.2, 0.25) is 6.41 Å². The van der Waals surface area contributed by atoms with Crippen molar-refractivity contribution in [1.29, 1.82) is 0 Å². The van der Waals surface area contributed by atoms with Gasteiger partial charge in [0.15, 0.2) is 11.6 Å². The van der Waals surface area contributed by atoms with Crippen molar-refractivity contribution in [2.24, 2.45) is 0 Å². The second-order valence-electron chi connectivity index (χ2n) is 2.64. The van der Waals surface area contributed by atoms with E-state index in [9.17, 15) is 13.6 Å². The van der Waals surface area contributed by atoms with E-state index in [-0.39, 0.29) is 23.4 Å². The van der Waals surface area contributed by atoms with Crippen molar-refractivity contribution in [2.75, 3.05) is 12.4 Å². The maximum Gasteiger partial charge on any atom is 0.211 e. The van der Waals surface area contributed by atoms with E-state index in [0.29, 0.717) is 0 Å². The Kier molecular flexibility index (Phi) is 3.01. The van der Waals surface area contributed by atoms with Gasteiger partial charge in [0, 0.05) is 11.6 Å². The molecule has 0 bridgehead atoms. The molecular weight excluding hydrogens is 192 g/mol. The zero-order chi connectivity index (χ0) is 10.7. The monoisotopic (exact) mass is 201 g/mol. The molecule has 1 rings (SSSR count). The summed E-state index contributed by atoms with van der Waals surface area (Å²) in [6.45, 7) is 1.39. The van der Waals surface area contributed by atoms with Crippen LogP contribution in [0.1, 0.15) is 5.56 Å². The minimum atomic E-state index is -1.09. The fourth-order valence-electron chi connectivity index (χ4n) is 1.07. The number of benzene rings is 1. The van der Waals surface area contributed by atoms with Gasteiger partial charge in [0.05, 0.1) is 12.8 Å². The van der Waals surface area contributed by atoms with Crippen LogP contribution >= 0.6 is 0 Å². The Morgan fingerprint density at radius 1 is 1.43 bits per heavy atom. The van der Waals surface area contributed by atoms with Crippen molar-refractivity contribution in [2.45, 2.75) is 6.92 Å². The molecule has 1 aromatic rings. The molecule has 0 aromatic heterocycles. The predicted octanol–water partition coefficient (Wildman–Crippen LogP) is 1.85. The molecule has 0 spiro atoms. The lowest BCUT2D eigenvalue weighted by Gasteiger charge is -2.09. The summed E-state index contributed by atoms with van der Waals surface area (Å²) in [5.74, 6) is -1.92. The number of carbonyl (C=O) groups is 1. The lowest BCUT2D eigenvalue weighted by Crippen LogP contribution is -2.02. The zero-order valence-corrected chi connectivity index (χ0v) is 7.73. The Morgan fingerprint density at radius 2 is 2.07 bits per heavy atom. The molecule has 0 heterocycles. The van der Waals surface area contributed by atoms with Crippen LogP contribution in [0.3, 0.4) is 0 Å². The molecule has 0 aliphatic heterocycles. The summed E-state index contributed by atoms with van der Waals surface area (Å²) in [5, 5.41) is 2.04. The first-order chi connectivity index (χ1) is 6.61. The molecule has 0 aliphatic rings. The summed E-state index contributed by atoms with van der Waals surface area (Å²) < 4.78 is 31.1. The van der Waals surface area contributed by atoms with Gasteiger partial charge in [0.1, 0.15) is 5.75 Å². The van der Waals surface area contributed by atoms with Gasteiger partial charge >= 0.3 is 0 Å². The molecule has 3 nitrogen and oxygen atoms in total. The molecule has 1 amide bonds. The summed E-state index contributed by atoms with van der Waals surface area (Å²) in [7, 11) is 1.34. The normalized spacial score (nSPS) is 9.71. The highest BCUT2D eigenvalue weighted by Gasteiger charge is 2.15. The fourth-order valence-corrected chi connectivity index (χ4v) is 1.07. The molecular formula is C9H9F2NO2. The standard InChI is InChI=1S/C9H9F2NO2/c1-5-7(14-2)3-6(12-4-13)9(11)8(5)10/h3-4H,1-2H3,(H,12,13). The Hall–Kier alpha value is -1.65. The third-order valence-corrected chi connectivity index (χ3v) is 1.84. The number of halogens is 2. The third kappa shape index (κ3) is 1.66. The van der Waals surface area contributed by atoms with Crippen molar-refractivity contribution in [3.63, 3.8) is 0 Å². The maximum atomic E-state index is 13.2. The number of anilines is 1. The average molecular weight is 201 g/mol. The maximum absolute atomic E-state index is 13.2. The summed E-state index contributed by atoms with van der Waals surface area (Å²) >= 11 is 0. The van der Waals surface area contributed by atoms with Crippen LogP contribution < -0.4 is 10.1 Å². The summed E-state index contributed by atoms with van der Waals surface area (Å²) in [4.78, 5) is 10.1. The van der Waals surface area contributed by atoms with Crippen LogP contribution in [0.25, 0.3) is 0 Å². The molecule has 1 aromatic carbocycles. The lowest BCUT2D eigenvalue weighted by atomic mass is 10.2. The largest absolute Gasteiger partial charge is 0.496 e. The van der Waals surface area contributed by atoms with Crippen molar-refractivity contribution < 1.29 is 18.3 Å². The fraction of sp³-hybridized carbons (Fsp3) is 0.222. The first-order valence-corrected chi connectivity index (χ1v) is 3.84. The van der Waals surface area contributed by atoms with Crippen LogP contribution in [-0.4, -0.2) is 13.5 Å². The average Bonchev–Trinajstić information content (AvgIpc) is 2.19. The predicted molar refractivity (Wildman–Crippen MR) is 47.3 cm³/mol. The highest BCUT2D eigenvalue weighted by atomic mass is 19.2. The Balaban J connectivity index is 3.32. The van der Waals surface area contributed by atoms with Crippen LogP contribution in [0.4, 0.5) is 14.5 Å². The Bertz CT molecular complexity index is 366.